The summed E-state index contributed by atoms with van der Waals surface area (Å²) < 4.78 is 38.1. The zero-order valence-corrected chi connectivity index (χ0v) is 10.6. The molecule has 0 rings (SSSR count). The van der Waals surface area contributed by atoms with Crippen LogP contribution in [0.5, 0.6) is 0 Å². The van der Waals surface area contributed by atoms with Crippen LogP contribution in [0.2, 0.25) is 0 Å². The highest BCUT2D eigenvalue weighted by Crippen LogP contribution is 2.32. The molecule has 0 aromatic heterocycles. The zero-order valence-electron chi connectivity index (χ0n) is 10.6. The van der Waals surface area contributed by atoms with Crippen molar-refractivity contribution in [1.29, 1.82) is 0 Å². The van der Waals surface area contributed by atoms with E-state index >= 15 is 0 Å². The van der Waals surface area contributed by atoms with E-state index in [4.69, 9.17) is 0 Å². The van der Waals surface area contributed by atoms with Crippen LogP contribution in [0.4, 0.5) is 13.2 Å². The van der Waals surface area contributed by atoms with Gasteiger partial charge in [0.05, 0.1) is 12.0 Å². The molecule has 0 fully saturated rings. The Labute approximate surface area is 102 Å². The molecule has 4 heteroatoms. The zero-order chi connectivity index (χ0) is 13.3. The van der Waals surface area contributed by atoms with Crippen molar-refractivity contribution in [3.05, 3.63) is 12.2 Å². The first-order valence-electron chi connectivity index (χ1n) is 6.34. The molecule has 1 nitrogen and oxygen atoms in total. The van der Waals surface area contributed by atoms with E-state index in [0.29, 0.717) is 12.8 Å². The van der Waals surface area contributed by atoms with Gasteiger partial charge in [0.15, 0.2) is 0 Å². The average Bonchev–Trinajstić information content (AvgIpc) is 2.24. The van der Waals surface area contributed by atoms with Gasteiger partial charge in [-0.05, 0) is 12.8 Å². The van der Waals surface area contributed by atoms with Crippen molar-refractivity contribution in [3.63, 3.8) is 0 Å². The van der Waals surface area contributed by atoms with Gasteiger partial charge in [-0.2, -0.15) is 13.2 Å². The summed E-state index contributed by atoms with van der Waals surface area (Å²) in [5, 5.41) is 9.56. The summed E-state index contributed by atoms with van der Waals surface area (Å²) in [5.74, 6) is -1.72. The molecule has 0 saturated carbocycles. The highest BCUT2D eigenvalue weighted by atomic mass is 19.4. The lowest BCUT2D eigenvalue weighted by Gasteiger charge is -2.22. The van der Waals surface area contributed by atoms with Gasteiger partial charge in [-0.25, -0.2) is 0 Å². The van der Waals surface area contributed by atoms with Crippen molar-refractivity contribution in [2.45, 2.75) is 64.7 Å². The smallest absolute Gasteiger partial charge is 0.392 e. The molecule has 2 unspecified atom stereocenters. The molecular formula is C13H23F3O. The van der Waals surface area contributed by atoms with Gasteiger partial charge < -0.3 is 5.11 Å². The molecule has 102 valence electrons. The van der Waals surface area contributed by atoms with Crippen LogP contribution in [0.3, 0.4) is 0 Å². The lowest BCUT2D eigenvalue weighted by atomic mass is 9.96. The normalized spacial score (nSPS) is 16.4. The molecule has 0 saturated heterocycles. The minimum Gasteiger partial charge on any atom is -0.392 e. The number of rotatable bonds is 8. The SMILES string of the molecule is CCCC/C=C\C(C(O)CCCC)C(F)(F)F. The number of hydrogen-bond donors (Lipinski definition) is 1. The summed E-state index contributed by atoms with van der Waals surface area (Å²) in [5.41, 5.74) is 0. The number of alkyl halides is 3. The van der Waals surface area contributed by atoms with Gasteiger partial charge >= 0.3 is 6.18 Å². The molecular weight excluding hydrogens is 229 g/mol. The number of aliphatic hydroxyl groups is 1. The van der Waals surface area contributed by atoms with E-state index in [9.17, 15) is 18.3 Å². The third-order valence-corrected chi connectivity index (χ3v) is 2.71. The third kappa shape index (κ3) is 7.42. The van der Waals surface area contributed by atoms with E-state index in [-0.39, 0.29) is 6.42 Å². The average molecular weight is 252 g/mol. The van der Waals surface area contributed by atoms with Gasteiger partial charge in [0.1, 0.15) is 0 Å². The summed E-state index contributed by atoms with van der Waals surface area (Å²) in [4.78, 5) is 0. The third-order valence-electron chi connectivity index (χ3n) is 2.71. The summed E-state index contributed by atoms with van der Waals surface area (Å²) >= 11 is 0. The molecule has 0 spiro atoms. The van der Waals surface area contributed by atoms with Crippen molar-refractivity contribution < 1.29 is 18.3 Å². The molecule has 1 N–H and O–H groups in total. The van der Waals surface area contributed by atoms with Gasteiger partial charge in [0, 0.05) is 0 Å². The first-order valence-corrected chi connectivity index (χ1v) is 6.34. The van der Waals surface area contributed by atoms with E-state index in [1.807, 2.05) is 13.8 Å². The van der Waals surface area contributed by atoms with Crippen molar-refractivity contribution in [2.24, 2.45) is 5.92 Å². The summed E-state index contributed by atoms with van der Waals surface area (Å²) in [6, 6.07) is 0. The van der Waals surface area contributed by atoms with Crippen molar-refractivity contribution >= 4 is 0 Å². The number of halogens is 3. The summed E-state index contributed by atoms with van der Waals surface area (Å²) in [6.07, 6.45) is 1.10. The second-order valence-corrected chi connectivity index (χ2v) is 4.35. The molecule has 0 bridgehead atoms. The Morgan fingerprint density at radius 1 is 1.12 bits per heavy atom. The lowest BCUT2D eigenvalue weighted by molar-refractivity contribution is -0.185. The van der Waals surface area contributed by atoms with Gasteiger partial charge in [0.25, 0.3) is 0 Å². The van der Waals surface area contributed by atoms with E-state index < -0.39 is 18.2 Å². The maximum atomic E-state index is 12.7. The molecule has 0 aromatic carbocycles. The Bertz CT molecular complexity index is 211. The Balaban J connectivity index is 4.38. The van der Waals surface area contributed by atoms with Crippen LogP contribution in [0.25, 0.3) is 0 Å². The Hall–Kier alpha value is -0.510. The van der Waals surface area contributed by atoms with Crippen LogP contribution in [0.1, 0.15) is 52.4 Å². The Kier molecular flexibility index (Phi) is 8.30. The van der Waals surface area contributed by atoms with Gasteiger partial charge in [0.2, 0.25) is 0 Å². The van der Waals surface area contributed by atoms with E-state index in [1.165, 1.54) is 6.08 Å². The Morgan fingerprint density at radius 2 is 1.71 bits per heavy atom. The molecule has 17 heavy (non-hydrogen) atoms. The lowest BCUT2D eigenvalue weighted by Crippen LogP contribution is -2.32. The highest BCUT2D eigenvalue weighted by Gasteiger charge is 2.41. The predicted octanol–water partition coefficient (Wildman–Crippen LogP) is 4.46. The first-order chi connectivity index (χ1) is 7.93. The molecule has 2 atom stereocenters. The number of hydrogen-bond acceptors (Lipinski definition) is 1. The van der Waals surface area contributed by atoms with Crippen molar-refractivity contribution in [1.82, 2.24) is 0 Å². The monoisotopic (exact) mass is 252 g/mol. The van der Waals surface area contributed by atoms with Crippen LogP contribution in [0, 0.1) is 5.92 Å². The fraction of sp³-hybridized carbons (Fsp3) is 0.846. The standard InChI is InChI=1S/C13H23F3O/c1-3-5-7-8-9-11(13(14,15)16)12(17)10-6-4-2/h8-9,11-12,17H,3-7,10H2,1-2H3/b9-8-. The summed E-state index contributed by atoms with van der Waals surface area (Å²) in [6.45, 7) is 3.89. The molecule has 0 radical (unpaired) electrons. The largest absolute Gasteiger partial charge is 0.397 e. The fourth-order valence-electron chi connectivity index (χ4n) is 1.61. The number of unbranched alkanes of at least 4 members (excludes halogenated alkanes) is 3. The topological polar surface area (TPSA) is 20.2 Å². The van der Waals surface area contributed by atoms with E-state index in [0.717, 1.165) is 25.3 Å². The van der Waals surface area contributed by atoms with Crippen LogP contribution in [-0.2, 0) is 0 Å². The quantitative estimate of drug-likeness (QED) is 0.499. The number of aliphatic hydroxyl groups excluding tert-OH is 1. The number of allylic oxidation sites excluding steroid dienone is 1. The van der Waals surface area contributed by atoms with E-state index in [2.05, 4.69) is 0 Å². The second kappa shape index (κ2) is 8.56. The minimum atomic E-state index is -4.35. The first kappa shape index (κ1) is 16.5. The van der Waals surface area contributed by atoms with Crippen LogP contribution in [0.15, 0.2) is 12.2 Å². The molecule has 0 aliphatic carbocycles. The maximum absolute atomic E-state index is 12.7. The van der Waals surface area contributed by atoms with Gasteiger partial charge in [-0.15, -0.1) is 0 Å². The van der Waals surface area contributed by atoms with Crippen molar-refractivity contribution in [3.8, 4) is 0 Å². The highest BCUT2D eigenvalue weighted by molar-refractivity contribution is 4.95. The molecule has 0 amide bonds. The van der Waals surface area contributed by atoms with E-state index in [1.54, 1.807) is 0 Å². The molecule has 0 aromatic rings. The van der Waals surface area contributed by atoms with Crippen molar-refractivity contribution in [2.75, 3.05) is 0 Å². The summed E-state index contributed by atoms with van der Waals surface area (Å²) in [7, 11) is 0. The van der Waals surface area contributed by atoms with Crippen LogP contribution < -0.4 is 0 Å². The minimum absolute atomic E-state index is 0.207. The fourth-order valence-corrected chi connectivity index (χ4v) is 1.61. The van der Waals surface area contributed by atoms with Crippen LogP contribution >= 0.6 is 0 Å². The second-order valence-electron chi connectivity index (χ2n) is 4.35. The maximum Gasteiger partial charge on any atom is 0.397 e. The predicted molar refractivity (Wildman–Crippen MR) is 63.7 cm³/mol. The van der Waals surface area contributed by atoms with Gasteiger partial charge in [-0.1, -0.05) is 51.7 Å². The van der Waals surface area contributed by atoms with Gasteiger partial charge in [-0.3, -0.25) is 0 Å². The molecule has 0 heterocycles. The molecule has 0 aliphatic rings. The van der Waals surface area contributed by atoms with Crippen LogP contribution in [-0.4, -0.2) is 17.4 Å². The Morgan fingerprint density at radius 3 is 2.18 bits per heavy atom. The molecule has 0 aliphatic heterocycles.